The van der Waals surface area contributed by atoms with Gasteiger partial charge in [0.2, 0.25) is 0 Å². The molecule has 5 aromatic rings. The van der Waals surface area contributed by atoms with Crippen LogP contribution in [0.5, 0.6) is 5.75 Å². The second-order valence-electron chi connectivity index (χ2n) is 10.1. The van der Waals surface area contributed by atoms with Crippen molar-refractivity contribution in [1.29, 1.82) is 0 Å². The van der Waals surface area contributed by atoms with Gasteiger partial charge in [-0.05, 0) is 65.4 Å². The predicted octanol–water partition coefficient (Wildman–Crippen LogP) is 4.44. The maximum Gasteiger partial charge on any atom is 0.328 e. The van der Waals surface area contributed by atoms with Gasteiger partial charge in [0.25, 0.3) is 11.5 Å². The number of imidazole rings is 1. The number of halogens is 1. The van der Waals surface area contributed by atoms with Crippen LogP contribution in [0.2, 0.25) is 0 Å². The molecule has 0 aliphatic rings. The van der Waals surface area contributed by atoms with Gasteiger partial charge in [0, 0.05) is 43.4 Å². The first-order valence-electron chi connectivity index (χ1n) is 13.5. The molecule has 0 unspecified atom stereocenters. The number of ether oxygens (including phenoxy) is 1. The fourth-order valence-electron chi connectivity index (χ4n) is 5.04. The fourth-order valence-corrected chi connectivity index (χ4v) is 5.04. The molecule has 43 heavy (non-hydrogen) atoms. The van der Waals surface area contributed by atoms with Crippen molar-refractivity contribution in [2.45, 2.75) is 26.9 Å². The average molecular weight is 583 g/mol. The van der Waals surface area contributed by atoms with Crippen molar-refractivity contribution in [2.24, 2.45) is 7.05 Å². The van der Waals surface area contributed by atoms with Gasteiger partial charge in [-0.15, -0.1) is 0 Å². The Morgan fingerprint density at radius 2 is 1.72 bits per heavy atom. The molecule has 0 aliphatic carbocycles. The van der Waals surface area contributed by atoms with Crippen LogP contribution in [-0.2, 0) is 20.1 Å². The van der Waals surface area contributed by atoms with E-state index in [1.165, 1.54) is 20.2 Å². The van der Waals surface area contributed by atoms with Gasteiger partial charge in [0.1, 0.15) is 23.0 Å². The molecule has 2 aromatic heterocycles. The molecule has 0 saturated heterocycles. The zero-order valence-electron chi connectivity index (χ0n) is 24.2. The highest BCUT2D eigenvalue weighted by Crippen LogP contribution is 2.37. The largest absolute Gasteiger partial charge is 0.496 e. The van der Waals surface area contributed by atoms with Gasteiger partial charge >= 0.3 is 5.69 Å². The lowest BCUT2D eigenvalue weighted by Crippen LogP contribution is -2.37. The summed E-state index contributed by atoms with van der Waals surface area (Å²) in [5, 5.41) is 5.98. The van der Waals surface area contributed by atoms with Crippen LogP contribution in [0.25, 0.3) is 22.3 Å². The average Bonchev–Trinajstić information content (AvgIpc) is 3.51. The summed E-state index contributed by atoms with van der Waals surface area (Å²) in [5.41, 5.74) is 4.39. The molecule has 10 nitrogen and oxygen atoms in total. The molecule has 0 saturated carbocycles. The zero-order chi connectivity index (χ0) is 30.7. The summed E-state index contributed by atoms with van der Waals surface area (Å²) in [6, 6.07) is 14.6. The lowest BCUT2D eigenvalue weighted by atomic mass is 9.90. The molecule has 4 N–H and O–H groups in total. The Bertz CT molecular complexity index is 1930. The Labute approximate surface area is 246 Å². The number of hydrogen-bond donors (Lipinski definition) is 4. The maximum atomic E-state index is 15.4. The van der Waals surface area contributed by atoms with Crippen LogP contribution in [0.3, 0.4) is 0 Å². The van der Waals surface area contributed by atoms with Gasteiger partial charge in [0.15, 0.2) is 0 Å². The molecule has 11 heteroatoms. The second kappa shape index (κ2) is 12.3. The van der Waals surface area contributed by atoms with E-state index in [9.17, 15) is 14.4 Å². The minimum absolute atomic E-state index is 0.180. The summed E-state index contributed by atoms with van der Waals surface area (Å²) in [6.45, 7) is 4.55. The van der Waals surface area contributed by atoms with E-state index in [1.807, 2.05) is 50.2 Å². The highest BCUT2D eigenvalue weighted by Gasteiger charge is 2.18. The lowest BCUT2D eigenvalue weighted by molar-refractivity contribution is 0.102. The Hall–Kier alpha value is -5.29. The molecule has 0 fully saturated rings. The molecular formula is C32H31FN6O4. The molecule has 0 radical (unpaired) electrons. The number of aromatic nitrogens is 4. The number of benzene rings is 3. The topological polar surface area (TPSA) is 134 Å². The summed E-state index contributed by atoms with van der Waals surface area (Å²) in [5.74, 6) is 0.160. The first-order chi connectivity index (χ1) is 20.7. The van der Waals surface area contributed by atoms with Crippen LogP contribution in [0.15, 0.2) is 76.7 Å². The quantitative estimate of drug-likeness (QED) is 0.203. The number of rotatable bonds is 9. The molecule has 220 valence electrons. The fraction of sp³-hybridized carbons (Fsp3) is 0.188. The predicted molar refractivity (Wildman–Crippen MR) is 163 cm³/mol. The Kier molecular flexibility index (Phi) is 8.35. The summed E-state index contributed by atoms with van der Waals surface area (Å²) < 4.78 is 21.8. The normalized spacial score (nSPS) is 11.0. The minimum Gasteiger partial charge on any atom is -0.496 e. The third-order valence-electron chi connectivity index (χ3n) is 7.46. The lowest BCUT2D eigenvalue weighted by Gasteiger charge is -2.18. The van der Waals surface area contributed by atoms with Gasteiger partial charge in [-0.1, -0.05) is 30.3 Å². The molecule has 3 aromatic carbocycles. The number of hydrogen-bond acceptors (Lipinski definition) is 6. The van der Waals surface area contributed by atoms with Crippen molar-refractivity contribution in [1.82, 2.24) is 24.8 Å². The van der Waals surface area contributed by atoms with E-state index >= 15 is 4.39 Å². The number of methoxy groups -OCH3 is 1. The number of anilines is 1. The molecule has 2 heterocycles. The van der Waals surface area contributed by atoms with Crippen molar-refractivity contribution in [3.05, 3.63) is 122 Å². The summed E-state index contributed by atoms with van der Waals surface area (Å²) in [4.78, 5) is 46.6. The van der Waals surface area contributed by atoms with Crippen LogP contribution < -0.4 is 26.6 Å². The van der Waals surface area contributed by atoms with Crippen molar-refractivity contribution < 1.29 is 13.9 Å². The molecule has 0 atom stereocenters. The first-order valence-corrected chi connectivity index (χ1v) is 13.5. The monoisotopic (exact) mass is 582 g/mol. The van der Waals surface area contributed by atoms with Crippen molar-refractivity contribution in [3.63, 3.8) is 0 Å². The van der Waals surface area contributed by atoms with Gasteiger partial charge in [-0.2, -0.15) is 0 Å². The van der Waals surface area contributed by atoms with Gasteiger partial charge < -0.3 is 25.3 Å². The third kappa shape index (κ3) is 5.88. The molecule has 1 amide bonds. The highest BCUT2D eigenvalue weighted by molar-refractivity contribution is 6.04. The van der Waals surface area contributed by atoms with Crippen LogP contribution in [0, 0.1) is 19.7 Å². The number of H-pyrrole nitrogens is 2. The maximum absolute atomic E-state index is 15.4. The van der Waals surface area contributed by atoms with E-state index in [-0.39, 0.29) is 17.9 Å². The molecule has 0 spiro atoms. The van der Waals surface area contributed by atoms with Gasteiger partial charge in [0.05, 0.1) is 13.7 Å². The molecular weight excluding hydrogens is 551 g/mol. The SMILES string of the molecule is COc1cc(-c2cccc(-c3cccc(NC(=O)c4c[nH]c(=O)n(C)c4=O)c3C)c2C)cc(F)c1CNCc1ncc[nH]1. The molecule has 5 rings (SSSR count). The number of aromatic amines is 2. The van der Waals surface area contributed by atoms with Crippen molar-refractivity contribution in [2.75, 3.05) is 12.4 Å². The number of nitrogens with one attached hydrogen (secondary N) is 4. The van der Waals surface area contributed by atoms with E-state index in [1.54, 1.807) is 18.5 Å². The van der Waals surface area contributed by atoms with E-state index in [4.69, 9.17) is 4.74 Å². The van der Waals surface area contributed by atoms with Crippen molar-refractivity contribution >= 4 is 11.6 Å². The Morgan fingerprint density at radius 3 is 2.44 bits per heavy atom. The van der Waals surface area contributed by atoms with Gasteiger partial charge in [-0.3, -0.25) is 14.2 Å². The van der Waals surface area contributed by atoms with Crippen molar-refractivity contribution in [3.8, 4) is 28.0 Å². The number of nitrogens with zero attached hydrogens (tertiary/aromatic N) is 2. The Balaban J connectivity index is 1.45. The van der Waals surface area contributed by atoms with E-state index in [0.717, 1.165) is 44.4 Å². The number of carbonyl (C=O) groups excluding carboxylic acids is 1. The number of carbonyl (C=O) groups is 1. The van der Waals surface area contributed by atoms with Crippen LogP contribution >= 0.6 is 0 Å². The first kappa shape index (κ1) is 29.2. The van der Waals surface area contributed by atoms with Crippen LogP contribution in [-0.4, -0.2) is 32.5 Å². The summed E-state index contributed by atoms with van der Waals surface area (Å²) in [6.07, 6.45) is 4.51. The van der Waals surface area contributed by atoms with E-state index in [2.05, 4.69) is 25.6 Å². The number of amides is 1. The van der Waals surface area contributed by atoms with E-state index < -0.39 is 17.2 Å². The standard InChI is InChI=1S/C32H31FN6O4/c1-18-21(20-13-26(33)24(28(14-20)43-4)15-34-17-29-35-11-12-36-29)7-5-8-22(18)23-9-6-10-27(19(23)2)38-30(40)25-16-37-32(42)39(3)31(25)41/h5-14,16,34H,15,17H2,1-4H3,(H,35,36)(H,37,42)(H,38,40). The van der Waals surface area contributed by atoms with Crippen LogP contribution in [0.1, 0.15) is 32.9 Å². The summed E-state index contributed by atoms with van der Waals surface area (Å²) >= 11 is 0. The smallest absolute Gasteiger partial charge is 0.328 e. The minimum atomic E-state index is -0.694. The van der Waals surface area contributed by atoms with Crippen LogP contribution in [0.4, 0.5) is 10.1 Å². The zero-order valence-corrected chi connectivity index (χ0v) is 24.2. The molecule has 0 bridgehead atoms. The molecule has 0 aliphatic heterocycles. The third-order valence-corrected chi connectivity index (χ3v) is 7.46. The Morgan fingerprint density at radius 1 is 1.00 bits per heavy atom. The van der Waals surface area contributed by atoms with E-state index in [0.29, 0.717) is 29.1 Å². The van der Waals surface area contributed by atoms with Gasteiger partial charge in [-0.25, -0.2) is 14.2 Å². The summed E-state index contributed by atoms with van der Waals surface area (Å²) in [7, 11) is 2.82. The highest BCUT2D eigenvalue weighted by atomic mass is 19.1. The second-order valence-corrected chi connectivity index (χ2v) is 10.1.